The number of rotatable bonds is 5. The van der Waals surface area contributed by atoms with E-state index in [1.54, 1.807) is 0 Å². The number of carbonyl (C=O) groups is 1. The first-order chi connectivity index (χ1) is 16.2. The van der Waals surface area contributed by atoms with Gasteiger partial charge in [0.2, 0.25) is 11.8 Å². The number of hydrogen-bond acceptors (Lipinski definition) is 7. The van der Waals surface area contributed by atoms with Crippen LogP contribution in [0.4, 0.5) is 17.6 Å². The van der Waals surface area contributed by atoms with E-state index in [9.17, 15) is 22.4 Å². The van der Waals surface area contributed by atoms with E-state index in [0.29, 0.717) is 31.4 Å². The standard InChI is InChI=1S/C22H23F4N3O5/c23-13-2-5-16-11(7-13)1-4-17(32-16)19(30)27-14-3-6-18(31-10-14)21-29-28-20(33-21)12-8-15(9-12)34-22(24,25)26/h2,5,7,12,14-15,17-18H,1,3-4,6,8-10H2,(H,27,30)/t12?,14-,15?,17-,18+/m1/s1. The Morgan fingerprint density at radius 1 is 1.12 bits per heavy atom. The van der Waals surface area contributed by atoms with Crippen LogP contribution in [0.2, 0.25) is 0 Å². The van der Waals surface area contributed by atoms with E-state index in [-0.39, 0.29) is 54.9 Å². The van der Waals surface area contributed by atoms with Crippen LogP contribution in [0.3, 0.4) is 0 Å². The van der Waals surface area contributed by atoms with Crippen molar-refractivity contribution in [1.82, 2.24) is 15.5 Å². The summed E-state index contributed by atoms with van der Waals surface area (Å²) in [6, 6.07) is 4.04. The highest BCUT2D eigenvalue weighted by Gasteiger charge is 2.43. The number of benzene rings is 1. The van der Waals surface area contributed by atoms with E-state index in [4.69, 9.17) is 13.9 Å². The number of nitrogens with zero attached hydrogens (tertiary/aromatic N) is 2. The fourth-order valence-electron chi connectivity index (χ4n) is 4.49. The number of amides is 1. The highest BCUT2D eigenvalue weighted by Crippen LogP contribution is 2.41. The third-order valence-electron chi connectivity index (χ3n) is 6.36. The molecule has 1 saturated heterocycles. The van der Waals surface area contributed by atoms with Gasteiger partial charge in [0, 0.05) is 5.92 Å². The normalized spacial score (nSPS) is 29.0. The molecule has 1 N–H and O–H groups in total. The zero-order valence-electron chi connectivity index (χ0n) is 18.0. The van der Waals surface area contributed by atoms with Gasteiger partial charge >= 0.3 is 6.36 Å². The molecule has 1 aromatic heterocycles. The molecule has 3 heterocycles. The molecule has 34 heavy (non-hydrogen) atoms. The number of aryl methyl sites for hydroxylation is 1. The molecular formula is C22H23F4N3O5. The van der Waals surface area contributed by atoms with E-state index in [1.807, 2.05) is 0 Å². The highest BCUT2D eigenvalue weighted by atomic mass is 19.4. The van der Waals surface area contributed by atoms with Gasteiger partial charge in [0.15, 0.2) is 6.10 Å². The molecular weight excluding hydrogens is 462 g/mol. The molecule has 0 spiro atoms. The largest absolute Gasteiger partial charge is 0.522 e. The SMILES string of the molecule is O=C(N[C@@H]1CC[C@@H](c2nnc(C3CC(OC(F)(F)F)C3)o2)OC1)[C@H]1CCc2cc(F)ccc2O1. The molecule has 184 valence electrons. The second kappa shape index (κ2) is 9.14. The number of hydrogen-bond donors (Lipinski definition) is 1. The van der Waals surface area contributed by atoms with Crippen molar-refractivity contribution in [3.05, 3.63) is 41.4 Å². The molecule has 1 aromatic carbocycles. The molecule has 1 amide bonds. The van der Waals surface area contributed by atoms with Crippen molar-refractivity contribution >= 4 is 5.91 Å². The van der Waals surface area contributed by atoms with Gasteiger partial charge in [-0.2, -0.15) is 0 Å². The molecule has 1 saturated carbocycles. The Morgan fingerprint density at radius 3 is 2.65 bits per heavy atom. The van der Waals surface area contributed by atoms with Crippen LogP contribution in [0.25, 0.3) is 0 Å². The molecule has 2 aromatic rings. The molecule has 5 rings (SSSR count). The van der Waals surface area contributed by atoms with Crippen molar-refractivity contribution < 1.29 is 41.0 Å². The average Bonchev–Trinajstić information content (AvgIpc) is 3.25. The summed E-state index contributed by atoms with van der Waals surface area (Å²) in [5.74, 6) is 0.233. The lowest BCUT2D eigenvalue weighted by atomic mass is 9.82. The molecule has 3 atom stereocenters. The van der Waals surface area contributed by atoms with Gasteiger partial charge in [-0.15, -0.1) is 23.4 Å². The van der Waals surface area contributed by atoms with Crippen LogP contribution in [0, 0.1) is 5.82 Å². The summed E-state index contributed by atoms with van der Waals surface area (Å²) in [4.78, 5) is 12.6. The fraction of sp³-hybridized carbons (Fsp3) is 0.591. The predicted molar refractivity (Wildman–Crippen MR) is 106 cm³/mol. The van der Waals surface area contributed by atoms with Gasteiger partial charge in [0.05, 0.1) is 18.8 Å². The molecule has 2 fully saturated rings. The van der Waals surface area contributed by atoms with E-state index in [2.05, 4.69) is 20.3 Å². The van der Waals surface area contributed by atoms with Crippen molar-refractivity contribution in [2.45, 2.75) is 75.2 Å². The molecule has 12 heteroatoms. The second-order valence-electron chi connectivity index (χ2n) is 8.83. The monoisotopic (exact) mass is 485 g/mol. The molecule has 3 aliphatic rings. The van der Waals surface area contributed by atoms with E-state index in [0.717, 1.165) is 5.56 Å². The fourth-order valence-corrected chi connectivity index (χ4v) is 4.49. The Bertz CT molecular complexity index is 1030. The Balaban J connectivity index is 1.07. The van der Waals surface area contributed by atoms with E-state index in [1.165, 1.54) is 18.2 Å². The van der Waals surface area contributed by atoms with Gasteiger partial charge < -0.3 is 19.2 Å². The lowest BCUT2D eigenvalue weighted by Crippen LogP contribution is -2.48. The highest BCUT2D eigenvalue weighted by molar-refractivity contribution is 5.81. The molecule has 2 aliphatic heterocycles. The van der Waals surface area contributed by atoms with E-state index < -0.39 is 24.7 Å². The van der Waals surface area contributed by atoms with Crippen LogP contribution >= 0.6 is 0 Å². The van der Waals surface area contributed by atoms with Gasteiger partial charge in [0.25, 0.3) is 5.91 Å². The summed E-state index contributed by atoms with van der Waals surface area (Å²) in [6.07, 6.45) is -4.13. The summed E-state index contributed by atoms with van der Waals surface area (Å²) in [5.41, 5.74) is 0.747. The molecule has 1 aliphatic carbocycles. The maximum absolute atomic E-state index is 13.3. The minimum atomic E-state index is -4.65. The first-order valence-electron chi connectivity index (χ1n) is 11.2. The number of carbonyl (C=O) groups excluding carboxylic acids is 1. The van der Waals surface area contributed by atoms with Crippen LogP contribution in [-0.4, -0.2) is 47.3 Å². The number of nitrogens with one attached hydrogen (secondary N) is 1. The zero-order valence-corrected chi connectivity index (χ0v) is 18.0. The van der Waals surface area contributed by atoms with Gasteiger partial charge in [0.1, 0.15) is 17.7 Å². The van der Waals surface area contributed by atoms with E-state index >= 15 is 0 Å². The summed E-state index contributed by atoms with van der Waals surface area (Å²) in [7, 11) is 0. The summed E-state index contributed by atoms with van der Waals surface area (Å²) >= 11 is 0. The molecule has 0 bridgehead atoms. The molecule has 0 unspecified atom stereocenters. The van der Waals surface area contributed by atoms with Gasteiger partial charge in [-0.3, -0.25) is 9.53 Å². The Kier molecular flexibility index (Phi) is 6.19. The third kappa shape index (κ3) is 5.17. The summed E-state index contributed by atoms with van der Waals surface area (Å²) in [6.45, 7) is 0.244. The Hall–Kier alpha value is -2.73. The number of fused-ring (bicyclic) bond motifs is 1. The summed E-state index contributed by atoms with van der Waals surface area (Å²) in [5, 5.41) is 10.9. The maximum atomic E-state index is 13.3. The smallest absolute Gasteiger partial charge is 0.480 e. The first kappa shape index (κ1) is 23.0. The number of alkyl halides is 3. The van der Waals surface area contributed by atoms with Crippen molar-refractivity contribution in [2.75, 3.05) is 6.61 Å². The van der Waals surface area contributed by atoms with Crippen molar-refractivity contribution in [2.24, 2.45) is 0 Å². The minimum Gasteiger partial charge on any atom is -0.480 e. The van der Waals surface area contributed by atoms with Gasteiger partial charge in [-0.1, -0.05) is 0 Å². The predicted octanol–water partition coefficient (Wildman–Crippen LogP) is 3.72. The first-order valence-corrected chi connectivity index (χ1v) is 11.2. The average molecular weight is 485 g/mol. The Morgan fingerprint density at radius 2 is 1.91 bits per heavy atom. The maximum Gasteiger partial charge on any atom is 0.522 e. The summed E-state index contributed by atoms with van der Waals surface area (Å²) < 4.78 is 71.3. The second-order valence-corrected chi connectivity index (χ2v) is 8.83. The topological polar surface area (TPSA) is 95.7 Å². The van der Waals surface area contributed by atoms with Gasteiger partial charge in [-0.25, -0.2) is 4.39 Å². The van der Waals surface area contributed by atoms with Crippen molar-refractivity contribution in [3.63, 3.8) is 0 Å². The molecule has 8 nitrogen and oxygen atoms in total. The van der Waals surface area contributed by atoms with Crippen molar-refractivity contribution in [1.29, 1.82) is 0 Å². The lowest BCUT2D eigenvalue weighted by molar-refractivity contribution is -0.352. The zero-order chi connectivity index (χ0) is 23.9. The minimum absolute atomic E-state index is 0.170. The lowest BCUT2D eigenvalue weighted by Gasteiger charge is -2.33. The quantitative estimate of drug-likeness (QED) is 0.645. The van der Waals surface area contributed by atoms with Crippen LogP contribution in [0.15, 0.2) is 22.6 Å². The van der Waals surface area contributed by atoms with Crippen LogP contribution in [-0.2, 0) is 20.7 Å². The van der Waals surface area contributed by atoms with Crippen molar-refractivity contribution in [3.8, 4) is 5.75 Å². The number of halogens is 4. The van der Waals surface area contributed by atoms with Crippen LogP contribution in [0.5, 0.6) is 5.75 Å². The Labute approximate surface area is 191 Å². The number of ether oxygens (including phenoxy) is 3. The number of aromatic nitrogens is 2. The van der Waals surface area contributed by atoms with Crippen LogP contribution < -0.4 is 10.1 Å². The molecule has 0 radical (unpaired) electrons. The van der Waals surface area contributed by atoms with Gasteiger partial charge in [-0.05, 0) is 62.3 Å². The van der Waals surface area contributed by atoms with Crippen LogP contribution in [0.1, 0.15) is 61.5 Å². The third-order valence-corrected chi connectivity index (χ3v) is 6.36.